The first-order valence-electron chi connectivity index (χ1n) is 12.7. The van der Waals surface area contributed by atoms with E-state index in [9.17, 15) is 18.0 Å². The van der Waals surface area contributed by atoms with Crippen LogP contribution in [0.25, 0.3) is 0 Å². The molecule has 8 heteroatoms. The number of hydrogen-bond donors (Lipinski definition) is 1. The van der Waals surface area contributed by atoms with E-state index in [1.165, 1.54) is 11.9 Å². The number of likely N-dealkylation sites (N-methyl/N-ethyl adjacent to an activating group) is 1. The van der Waals surface area contributed by atoms with Crippen LogP contribution in [0, 0.1) is 6.92 Å². The molecule has 0 aliphatic rings. The zero-order chi connectivity index (χ0) is 27.9. The molecular formula is C30H37N3O4S. The molecular weight excluding hydrogens is 498 g/mol. The molecule has 0 bridgehead atoms. The highest BCUT2D eigenvalue weighted by atomic mass is 32.2. The van der Waals surface area contributed by atoms with Crippen molar-refractivity contribution in [2.75, 3.05) is 24.2 Å². The number of benzene rings is 3. The smallest absolute Gasteiger partial charge is 0.244 e. The van der Waals surface area contributed by atoms with Gasteiger partial charge in [0.25, 0.3) is 0 Å². The maximum Gasteiger partial charge on any atom is 0.244 e. The summed E-state index contributed by atoms with van der Waals surface area (Å²) < 4.78 is 26.8. The van der Waals surface area contributed by atoms with E-state index in [-0.39, 0.29) is 18.4 Å². The van der Waals surface area contributed by atoms with E-state index in [4.69, 9.17) is 0 Å². The number of anilines is 1. The highest BCUT2D eigenvalue weighted by molar-refractivity contribution is 7.92. The molecule has 0 fully saturated rings. The molecule has 7 nitrogen and oxygen atoms in total. The minimum absolute atomic E-state index is 0.167. The summed E-state index contributed by atoms with van der Waals surface area (Å²) in [5.74, 6) is -0.493. The third-order valence-corrected chi connectivity index (χ3v) is 7.79. The Morgan fingerprint density at radius 2 is 1.50 bits per heavy atom. The van der Waals surface area contributed by atoms with Gasteiger partial charge in [0.15, 0.2) is 0 Å². The van der Waals surface area contributed by atoms with Crippen molar-refractivity contribution in [1.82, 2.24) is 10.2 Å². The molecule has 3 aromatic carbocycles. The van der Waals surface area contributed by atoms with Gasteiger partial charge in [-0.2, -0.15) is 0 Å². The van der Waals surface area contributed by atoms with Crippen molar-refractivity contribution < 1.29 is 18.0 Å². The van der Waals surface area contributed by atoms with Crippen molar-refractivity contribution in [1.29, 1.82) is 0 Å². The molecule has 0 saturated carbocycles. The van der Waals surface area contributed by atoms with Crippen LogP contribution in [0.1, 0.15) is 42.0 Å². The molecule has 0 saturated heterocycles. The molecule has 0 radical (unpaired) electrons. The van der Waals surface area contributed by atoms with E-state index in [0.29, 0.717) is 12.1 Å². The highest BCUT2D eigenvalue weighted by Crippen LogP contribution is 2.23. The predicted octanol–water partition coefficient (Wildman–Crippen LogP) is 4.27. The first kappa shape index (κ1) is 28.9. The van der Waals surface area contributed by atoms with Crippen molar-refractivity contribution in [3.8, 4) is 0 Å². The van der Waals surface area contributed by atoms with Gasteiger partial charge in [-0.1, -0.05) is 80.6 Å². The molecule has 0 spiro atoms. The van der Waals surface area contributed by atoms with Crippen molar-refractivity contribution in [3.05, 3.63) is 101 Å². The minimum Gasteiger partial charge on any atom is -0.357 e. The lowest BCUT2D eigenvalue weighted by Crippen LogP contribution is -2.53. The molecule has 3 aromatic rings. The number of sulfonamides is 1. The van der Waals surface area contributed by atoms with Crippen LogP contribution in [0.15, 0.2) is 78.9 Å². The van der Waals surface area contributed by atoms with Gasteiger partial charge >= 0.3 is 0 Å². The Kier molecular flexibility index (Phi) is 9.69. The van der Waals surface area contributed by atoms with Crippen molar-refractivity contribution >= 4 is 27.5 Å². The second-order valence-corrected chi connectivity index (χ2v) is 11.7. The maximum absolute atomic E-state index is 14.0. The van der Waals surface area contributed by atoms with Crippen LogP contribution in [0.5, 0.6) is 0 Å². The van der Waals surface area contributed by atoms with E-state index in [2.05, 4.69) is 19.2 Å². The lowest BCUT2D eigenvalue weighted by Gasteiger charge is -2.33. The number of aryl methyl sites for hydroxylation is 1. The van der Waals surface area contributed by atoms with Gasteiger partial charge in [0.2, 0.25) is 21.8 Å². The minimum atomic E-state index is -3.79. The van der Waals surface area contributed by atoms with Crippen molar-refractivity contribution in [2.24, 2.45) is 0 Å². The molecule has 0 aliphatic carbocycles. The van der Waals surface area contributed by atoms with Crippen LogP contribution >= 0.6 is 0 Å². The first-order chi connectivity index (χ1) is 18.0. The fourth-order valence-electron chi connectivity index (χ4n) is 4.33. The Labute approximate surface area is 226 Å². The van der Waals surface area contributed by atoms with Crippen LogP contribution in [0.3, 0.4) is 0 Å². The Balaban J connectivity index is 2.02. The number of nitrogens with zero attached hydrogens (tertiary/aromatic N) is 2. The number of rotatable bonds is 11. The Morgan fingerprint density at radius 3 is 2.05 bits per heavy atom. The molecule has 202 valence electrons. The monoisotopic (exact) mass is 535 g/mol. The molecule has 0 heterocycles. The van der Waals surface area contributed by atoms with Gasteiger partial charge in [0, 0.05) is 20.0 Å². The van der Waals surface area contributed by atoms with E-state index in [0.717, 1.165) is 32.8 Å². The van der Waals surface area contributed by atoms with E-state index < -0.39 is 28.5 Å². The zero-order valence-electron chi connectivity index (χ0n) is 22.7. The summed E-state index contributed by atoms with van der Waals surface area (Å²) in [6, 6.07) is 23.5. The average molecular weight is 536 g/mol. The average Bonchev–Trinajstić information content (AvgIpc) is 2.89. The Morgan fingerprint density at radius 1 is 0.895 bits per heavy atom. The SMILES string of the molecule is CNC(=O)C(Cc1ccccc1)N(Cc1ccccc1C)C(=O)CN(c1ccc(C(C)C)cc1)S(C)(=O)=O. The van der Waals surface area contributed by atoms with Crippen molar-refractivity contribution in [2.45, 2.75) is 45.7 Å². The van der Waals surface area contributed by atoms with Gasteiger partial charge in [-0.25, -0.2) is 8.42 Å². The molecule has 2 amide bonds. The quantitative estimate of drug-likeness (QED) is 0.397. The number of nitrogens with one attached hydrogen (secondary N) is 1. The standard InChI is InChI=1S/C30H37N3O4S/c1-22(2)25-15-17-27(18-16-25)33(38(5,36)37)21-29(34)32(20-26-14-10-9-11-23(26)3)28(30(35)31-4)19-24-12-7-6-8-13-24/h6-18,22,28H,19-21H2,1-5H3,(H,31,35). The topological polar surface area (TPSA) is 86.8 Å². The number of carbonyl (C=O) groups is 2. The summed E-state index contributed by atoms with van der Waals surface area (Å²) in [4.78, 5) is 28.6. The van der Waals surface area contributed by atoms with Gasteiger partial charge in [0.05, 0.1) is 11.9 Å². The summed E-state index contributed by atoms with van der Waals surface area (Å²) in [6.07, 6.45) is 1.38. The predicted molar refractivity (Wildman–Crippen MR) is 152 cm³/mol. The molecule has 3 rings (SSSR count). The van der Waals surface area contributed by atoms with Crippen LogP contribution in [0.4, 0.5) is 5.69 Å². The molecule has 1 atom stereocenters. The van der Waals surface area contributed by atoms with Gasteiger partial charge in [-0.05, 0) is 47.2 Å². The summed E-state index contributed by atoms with van der Waals surface area (Å²) in [6.45, 7) is 5.81. The summed E-state index contributed by atoms with van der Waals surface area (Å²) >= 11 is 0. The molecule has 0 aliphatic heterocycles. The van der Waals surface area contributed by atoms with E-state index in [1.54, 1.807) is 12.1 Å². The second-order valence-electron chi connectivity index (χ2n) is 9.78. The van der Waals surface area contributed by atoms with E-state index >= 15 is 0 Å². The van der Waals surface area contributed by atoms with Gasteiger partial charge in [0.1, 0.15) is 12.6 Å². The van der Waals surface area contributed by atoms with Crippen molar-refractivity contribution in [3.63, 3.8) is 0 Å². The van der Waals surface area contributed by atoms with E-state index in [1.807, 2.05) is 73.7 Å². The van der Waals surface area contributed by atoms with Gasteiger partial charge < -0.3 is 10.2 Å². The summed E-state index contributed by atoms with van der Waals surface area (Å²) in [5, 5.41) is 2.69. The summed E-state index contributed by atoms with van der Waals surface area (Å²) in [5.41, 5.74) is 4.23. The fourth-order valence-corrected chi connectivity index (χ4v) is 5.18. The summed E-state index contributed by atoms with van der Waals surface area (Å²) in [7, 11) is -2.25. The fraction of sp³-hybridized carbons (Fsp3) is 0.333. The molecule has 38 heavy (non-hydrogen) atoms. The Hall–Kier alpha value is -3.65. The largest absolute Gasteiger partial charge is 0.357 e. The van der Waals surface area contributed by atoms with Crippen LogP contribution in [-0.2, 0) is 32.6 Å². The molecule has 1 N–H and O–H groups in total. The van der Waals surface area contributed by atoms with Crippen LogP contribution < -0.4 is 9.62 Å². The maximum atomic E-state index is 14.0. The first-order valence-corrected chi connectivity index (χ1v) is 14.5. The lowest BCUT2D eigenvalue weighted by molar-refractivity contribution is -0.139. The van der Waals surface area contributed by atoms with Crippen LogP contribution in [-0.4, -0.2) is 51.0 Å². The molecule has 0 aromatic heterocycles. The lowest BCUT2D eigenvalue weighted by atomic mass is 10.0. The normalized spacial score (nSPS) is 12.2. The van der Waals surface area contributed by atoms with Gasteiger partial charge in [-0.3, -0.25) is 13.9 Å². The number of carbonyl (C=O) groups excluding carboxylic acids is 2. The Bertz CT molecular complexity index is 1340. The van der Waals surface area contributed by atoms with Gasteiger partial charge in [-0.15, -0.1) is 0 Å². The van der Waals surface area contributed by atoms with Crippen LogP contribution in [0.2, 0.25) is 0 Å². The zero-order valence-corrected chi connectivity index (χ0v) is 23.5. The molecule has 1 unspecified atom stereocenters. The third kappa shape index (κ3) is 7.44. The highest BCUT2D eigenvalue weighted by Gasteiger charge is 2.32. The number of amides is 2. The third-order valence-electron chi connectivity index (χ3n) is 6.65. The second kappa shape index (κ2) is 12.7. The number of hydrogen-bond acceptors (Lipinski definition) is 4.